The highest BCUT2D eigenvalue weighted by Crippen LogP contribution is 2.43. The molecule has 0 spiro atoms. The van der Waals surface area contributed by atoms with Gasteiger partial charge >= 0.3 is 0 Å². The highest BCUT2D eigenvalue weighted by atomic mass is 16.5. The summed E-state index contributed by atoms with van der Waals surface area (Å²) in [5.74, 6) is 0.994. The molecule has 0 radical (unpaired) electrons. The Morgan fingerprint density at radius 2 is 2.03 bits per heavy atom. The van der Waals surface area contributed by atoms with Crippen LogP contribution < -0.4 is 4.74 Å². The van der Waals surface area contributed by atoms with Crippen LogP contribution >= 0.6 is 0 Å². The molecular formula is C23H23N3O3. The number of aliphatic hydroxyl groups is 1. The monoisotopic (exact) mass is 389 g/mol. The Hall–Kier alpha value is -3.12. The molecule has 1 aromatic heterocycles. The van der Waals surface area contributed by atoms with Crippen LogP contribution in [0, 0.1) is 11.3 Å². The van der Waals surface area contributed by atoms with Gasteiger partial charge in [-0.1, -0.05) is 18.2 Å². The number of nitrogens with zero attached hydrogens (tertiary/aromatic N) is 3. The maximum atomic E-state index is 13.2. The molecule has 3 heterocycles. The Kier molecular flexibility index (Phi) is 4.36. The van der Waals surface area contributed by atoms with Crippen LogP contribution in [0.3, 0.4) is 0 Å². The Morgan fingerprint density at radius 1 is 1.21 bits per heavy atom. The first kappa shape index (κ1) is 17.9. The molecule has 0 aliphatic carbocycles. The van der Waals surface area contributed by atoms with Crippen molar-refractivity contribution in [3.63, 3.8) is 0 Å². The average molecular weight is 389 g/mol. The van der Waals surface area contributed by atoms with Crippen LogP contribution in [0.4, 0.5) is 0 Å². The number of para-hydroxylation sites is 1. The van der Waals surface area contributed by atoms with Crippen molar-refractivity contribution < 1.29 is 14.6 Å². The van der Waals surface area contributed by atoms with Crippen molar-refractivity contribution in [2.45, 2.75) is 6.42 Å². The summed E-state index contributed by atoms with van der Waals surface area (Å²) in [6, 6.07) is 15.5. The molecule has 1 N–H and O–H groups in total. The number of aromatic nitrogens is 2. The first-order valence-corrected chi connectivity index (χ1v) is 9.88. The second-order valence-corrected chi connectivity index (χ2v) is 8.02. The van der Waals surface area contributed by atoms with Crippen LogP contribution in [-0.4, -0.2) is 51.8 Å². The van der Waals surface area contributed by atoms with Crippen molar-refractivity contribution in [1.82, 2.24) is 14.5 Å². The van der Waals surface area contributed by atoms with Gasteiger partial charge in [-0.25, -0.2) is 4.98 Å². The van der Waals surface area contributed by atoms with Crippen molar-refractivity contribution in [1.29, 1.82) is 0 Å². The first-order chi connectivity index (χ1) is 14.2. The second-order valence-electron chi connectivity index (χ2n) is 8.02. The zero-order valence-corrected chi connectivity index (χ0v) is 16.1. The molecule has 1 saturated heterocycles. The molecule has 2 aliphatic rings. The van der Waals surface area contributed by atoms with Crippen LogP contribution in [0.2, 0.25) is 0 Å². The lowest BCUT2D eigenvalue weighted by Gasteiger charge is -2.30. The lowest BCUT2D eigenvalue weighted by Crippen LogP contribution is -2.38. The zero-order valence-electron chi connectivity index (χ0n) is 16.1. The number of hydrogen-bond acceptors (Lipinski definition) is 4. The average Bonchev–Trinajstić information content (AvgIpc) is 3.39. The van der Waals surface area contributed by atoms with Gasteiger partial charge in [-0.05, 0) is 42.3 Å². The van der Waals surface area contributed by atoms with E-state index in [0.717, 1.165) is 17.0 Å². The van der Waals surface area contributed by atoms with E-state index < -0.39 is 0 Å². The van der Waals surface area contributed by atoms with Gasteiger partial charge in [0.1, 0.15) is 5.75 Å². The number of amides is 1. The zero-order chi connectivity index (χ0) is 19.8. The Balaban J connectivity index is 1.37. The maximum absolute atomic E-state index is 13.2. The van der Waals surface area contributed by atoms with Crippen LogP contribution in [0.5, 0.6) is 5.75 Å². The molecule has 5 rings (SSSR count). The normalized spacial score (nSPS) is 23.1. The molecule has 0 bridgehead atoms. The van der Waals surface area contributed by atoms with E-state index in [2.05, 4.69) is 11.1 Å². The quantitative estimate of drug-likeness (QED) is 0.748. The van der Waals surface area contributed by atoms with E-state index >= 15 is 0 Å². The van der Waals surface area contributed by atoms with E-state index in [0.29, 0.717) is 31.7 Å². The number of rotatable bonds is 3. The highest BCUT2D eigenvalue weighted by Gasteiger charge is 2.49. The van der Waals surface area contributed by atoms with Crippen molar-refractivity contribution in [3.8, 4) is 11.4 Å². The molecule has 148 valence electrons. The lowest BCUT2D eigenvalue weighted by molar-refractivity contribution is 0.0694. The van der Waals surface area contributed by atoms with Crippen LogP contribution in [0.25, 0.3) is 5.69 Å². The van der Waals surface area contributed by atoms with Crippen LogP contribution in [0.1, 0.15) is 15.9 Å². The number of hydrogen-bond donors (Lipinski definition) is 1. The molecule has 6 nitrogen and oxygen atoms in total. The summed E-state index contributed by atoms with van der Waals surface area (Å²) in [5, 5.41) is 10.3. The molecule has 2 aliphatic heterocycles. The molecular weight excluding hydrogens is 366 g/mol. The maximum Gasteiger partial charge on any atom is 0.253 e. The fourth-order valence-corrected chi connectivity index (χ4v) is 4.58. The van der Waals surface area contributed by atoms with E-state index in [1.807, 2.05) is 58.1 Å². The number of carbonyl (C=O) groups is 1. The van der Waals surface area contributed by atoms with Gasteiger partial charge in [0.25, 0.3) is 5.91 Å². The summed E-state index contributed by atoms with van der Waals surface area (Å²) in [4.78, 5) is 19.1. The van der Waals surface area contributed by atoms with Crippen LogP contribution in [-0.2, 0) is 6.42 Å². The lowest BCUT2D eigenvalue weighted by atomic mass is 9.75. The third kappa shape index (κ3) is 3.09. The van der Waals surface area contributed by atoms with Gasteiger partial charge in [0.15, 0.2) is 0 Å². The summed E-state index contributed by atoms with van der Waals surface area (Å²) >= 11 is 0. The predicted octanol–water partition coefficient (Wildman–Crippen LogP) is 2.56. The number of aliphatic hydroxyl groups excluding tert-OH is 1. The molecule has 6 heteroatoms. The van der Waals surface area contributed by atoms with E-state index in [1.54, 1.807) is 12.5 Å². The Morgan fingerprint density at radius 3 is 2.79 bits per heavy atom. The first-order valence-electron chi connectivity index (χ1n) is 9.88. The minimum Gasteiger partial charge on any atom is -0.493 e. The summed E-state index contributed by atoms with van der Waals surface area (Å²) in [6.07, 6.45) is 6.04. The van der Waals surface area contributed by atoms with E-state index in [1.165, 1.54) is 0 Å². The molecule has 1 amide bonds. The van der Waals surface area contributed by atoms with Gasteiger partial charge in [-0.3, -0.25) is 4.79 Å². The molecule has 0 saturated carbocycles. The predicted molar refractivity (Wildman–Crippen MR) is 108 cm³/mol. The molecule has 2 atom stereocenters. The smallest absolute Gasteiger partial charge is 0.253 e. The van der Waals surface area contributed by atoms with Gasteiger partial charge in [0, 0.05) is 48.1 Å². The van der Waals surface area contributed by atoms with Gasteiger partial charge in [0.05, 0.1) is 19.5 Å². The molecule has 1 fully saturated rings. The Labute approximate surface area is 169 Å². The standard InChI is InChI=1S/C23H23N3O3/c27-15-23-11-18-3-1-2-4-21(18)29-13-19(23)12-26(14-23)22(28)17-5-7-20(8-6-17)25-10-9-24-16-25/h1-10,16,19,27H,11-15H2/t19-,23-/m1/s1. The molecule has 29 heavy (non-hydrogen) atoms. The number of carbonyl (C=O) groups excluding carboxylic acids is 1. The van der Waals surface area contributed by atoms with E-state index in [9.17, 15) is 9.90 Å². The topological polar surface area (TPSA) is 67.6 Å². The number of benzene rings is 2. The number of ether oxygens (including phenoxy) is 1. The van der Waals surface area contributed by atoms with E-state index in [4.69, 9.17) is 4.74 Å². The van der Waals surface area contributed by atoms with Crippen molar-refractivity contribution in [2.75, 3.05) is 26.3 Å². The van der Waals surface area contributed by atoms with Crippen molar-refractivity contribution in [2.24, 2.45) is 11.3 Å². The fraction of sp³-hybridized carbons (Fsp3) is 0.304. The van der Waals surface area contributed by atoms with Crippen molar-refractivity contribution >= 4 is 5.91 Å². The SMILES string of the molecule is O=C(c1ccc(-n2ccnc2)cc1)N1C[C@@H]2COc3ccccc3C[C@]2(CO)C1. The molecule has 2 aromatic carbocycles. The van der Waals surface area contributed by atoms with Gasteiger partial charge in [0.2, 0.25) is 0 Å². The molecule has 3 aromatic rings. The largest absolute Gasteiger partial charge is 0.493 e. The van der Waals surface area contributed by atoms with Crippen LogP contribution in [0.15, 0.2) is 67.3 Å². The second kappa shape index (κ2) is 7.04. The summed E-state index contributed by atoms with van der Waals surface area (Å²) in [7, 11) is 0. The number of imidazole rings is 1. The third-order valence-electron chi connectivity index (χ3n) is 6.29. The molecule has 0 unspecified atom stereocenters. The van der Waals surface area contributed by atoms with Gasteiger partial charge in [-0.2, -0.15) is 0 Å². The number of likely N-dealkylation sites (tertiary alicyclic amines) is 1. The number of fused-ring (bicyclic) bond motifs is 2. The van der Waals surface area contributed by atoms with Crippen molar-refractivity contribution in [3.05, 3.63) is 78.4 Å². The minimum atomic E-state index is -0.362. The summed E-state index contributed by atoms with van der Waals surface area (Å²) in [5.41, 5.74) is 2.35. The van der Waals surface area contributed by atoms with E-state index in [-0.39, 0.29) is 23.8 Å². The Bertz CT molecular complexity index is 1020. The summed E-state index contributed by atoms with van der Waals surface area (Å²) in [6.45, 7) is 1.68. The third-order valence-corrected chi connectivity index (χ3v) is 6.29. The van der Waals surface area contributed by atoms with Gasteiger partial charge in [-0.15, -0.1) is 0 Å². The summed E-state index contributed by atoms with van der Waals surface area (Å²) < 4.78 is 7.92. The fourth-order valence-electron chi connectivity index (χ4n) is 4.58. The van der Waals surface area contributed by atoms with Gasteiger partial charge < -0.3 is 19.3 Å². The highest BCUT2D eigenvalue weighted by molar-refractivity contribution is 5.94. The minimum absolute atomic E-state index is 0.00337.